The van der Waals surface area contributed by atoms with Gasteiger partial charge in [-0.1, -0.05) is 0 Å². The number of halogens is 5. The van der Waals surface area contributed by atoms with Gasteiger partial charge in [0.25, 0.3) is 5.91 Å². The van der Waals surface area contributed by atoms with Crippen molar-refractivity contribution in [2.45, 2.75) is 6.18 Å². The van der Waals surface area contributed by atoms with Crippen molar-refractivity contribution in [1.29, 1.82) is 0 Å². The van der Waals surface area contributed by atoms with Gasteiger partial charge in [-0.2, -0.15) is 18.3 Å². The number of aromatic nitrogens is 2. The molecule has 0 bridgehead atoms. The molecule has 5 nitrogen and oxygen atoms in total. The van der Waals surface area contributed by atoms with E-state index in [-0.39, 0.29) is 6.07 Å². The van der Waals surface area contributed by atoms with E-state index in [1.807, 2.05) is 0 Å². The van der Waals surface area contributed by atoms with Crippen LogP contribution >= 0.6 is 0 Å². The fourth-order valence-corrected chi connectivity index (χ4v) is 1.65. The summed E-state index contributed by atoms with van der Waals surface area (Å²) in [4.78, 5) is 10.9. The smallest absolute Gasteiger partial charge is 0.384 e. The van der Waals surface area contributed by atoms with Crippen LogP contribution in [0.3, 0.4) is 0 Å². The van der Waals surface area contributed by atoms with Crippen LogP contribution in [0.25, 0.3) is 5.69 Å². The summed E-state index contributed by atoms with van der Waals surface area (Å²) in [6, 6.07) is 1.57. The number of amides is 1. The molecule has 1 aromatic heterocycles. The van der Waals surface area contributed by atoms with E-state index in [0.717, 1.165) is 6.07 Å². The van der Waals surface area contributed by atoms with Crippen molar-refractivity contribution >= 4 is 11.7 Å². The third-order valence-corrected chi connectivity index (χ3v) is 2.57. The SMILES string of the molecule is NC(=O)c1cc(N)n(-c2c(F)ccc(C(F)(F)F)c2F)n1. The number of nitrogen functional groups attached to an aromatic ring is 1. The molecule has 0 fully saturated rings. The molecule has 0 saturated heterocycles. The fourth-order valence-electron chi connectivity index (χ4n) is 1.65. The number of hydrogen-bond donors (Lipinski definition) is 2. The Kier molecular flexibility index (Phi) is 3.32. The number of nitrogens with zero attached hydrogens (tertiary/aromatic N) is 2. The summed E-state index contributed by atoms with van der Waals surface area (Å²) in [5, 5.41) is 3.39. The molecule has 2 rings (SSSR count). The zero-order chi connectivity index (χ0) is 15.9. The molecule has 10 heteroatoms. The van der Waals surface area contributed by atoms with Crippen LogP contribution in [-0.4, -0.2) is 15.7 Å². The van der Waals surface area contributed by atoms with Crippen LogP contribution in [0, 0.1) is 11.6 Å². The summed E-state index contributed by atoms with van der Waals surface area (Å²) in [5.74, 6) is -4.71. The number of hydrogen-bond acceptors (Lipinski definition) is 3. The van der Waals surface area contributed by atoms with Gasteiger partial charge in [-0.3, -0.25) is 4.79 Å². The molecule has 0 saturated carbocycles. The van der Waals surface area contributed by atoms with E-state index in [9.17, 15) is 26.7 Å². The zero-order valence-corrected chi connectivity index (χ0v) is 10.1. The highest BCUT2D eigenvalue weighted by molar-refractivity contribution is 5.91. The van der Waals surface area contributed by atoms with Gasteiger partial charge < -0.3 is 11.5 Å². The first kappa shape index (κ1) is 14.8. The molecule has 0 aliphatic rings. The summed E-state index contributed by atoms with van der Waals surface area (Å²) in [6.07, 6.45) is -5.03. The molecule has 112 valence electrons. The average Bonchev–Trinajstić information content (AvgIpc) is 2.70. The lowest BCUT2D eigenvalue weighted by molar-refractivity contribution is -0.140. The van der Waals surface area contributed by atoms with Gasteiger partial charge in [0, 0.05) is 6.07 Å². The van der Waals surface area contributed by atoms with Crippen molar-refractivity contribution in [2.24, 2.45) is 5.73 Å². The first-order valence-electron chi connectivity index (χ1n) is 5.34. The van der Waals surface area contributed by atoms with Gasteiger partial charge in [0.15, 0.2) is 17.3 Å². The lowest BCUT2D eigenvalue weighted by Crippen LogP contribution is -2.15. The van der Waals surface area contributed by atoms with E-state index >= 15 is 0 Å². The summed E-state index contributed by atoms with van der Waals surface area (Å²) >= 11 is 0. The van der Waals surface area contributed by atoms with Gasteiger partial charge in [0.2, 0.25) is 0 Å². The first-order valence-corrected chi connectivity index (χ1v) is 5.34. The van der Waals surface area contributed by atoms with E-state index in [0.29, 0.717) is 10.7 Å². The Morgan fingerprint density at radius 1 is 1.24 bits per heavy atom. The third kappa shape index (κ3) is 2.51. The van der Waals surface area contributed by atoms with Crippen molar-refractivity contribution in [2.75, 3.05) is 5.73 Å². The second-order valence-electron chi connectivity index (χ2n) is 3.99. The summed E-state index contributed by atoms with van der Waals surface area (Å²) in [5.41, 5.74) is 7.03. The molecule has 1 aromatic carbocycles. The highest BCUT2D eigenvalue weighted by Crippen LogP contribution is 2.34. The van der Waals surface area contributed by atoms with Gasteiger partial charge in [0.1, 0.15) is 11.5 Å². The van der Waals surface area contributed by atoms with Crippen LogP contribution in [-0.2, 0) is 6.18 Å². The molecule has 2 aromatic rings. The van der Waals surface area contributed by atoms with Gasteiger partial charge in [-0.15, -0.1) is 0 Å². The van der Waals surface area contributed by atoms with Gasteiger partial charge in [-0.25, -0.2) is 13.5 Å². The summed E-state index contributed by atoms with van der Waals surface area (Å²) < 4.78 is 65.8. The van der Waals surface area contributed by atoms with Crippen molar-refractivity contribution in [1.82, 2.24) is 9.78 Å². The maximum atomic E-state index is 13.9. The number of anilines is 1. The Morgan fingerprint density at radius 3 is 2.33 bits per heavy atom. The Labute approximate surface area is 113 Å². The van der Waals surface area contributed by atoms with E-state index in [1.165, 1.54) is 0 Å². The Hall–Kier alpha value is -2.65. The highest BCUT2D eigenvalue weighted by atomic mass is 19.4. The second kappa shape index (κ2) is 4.72. The van der Waals surface area contributed by atoms with E-state index in [4.69, 9.17) is 11.5 Å². The van der Waals surface area contributed by atoms with Crippen LogP contribution in [0.15, 0.2) is 18.2 Å². The molecule has 4 N–H and O–H groups in total. The predicted molar refractivity (Wildman–Crippen MR) is 61.4 cm³/mol. The minimum Gasteiger partial charge on any atom is -0.384 e. The molecular formula is C11H7F5N4O. The summed E-state index contributed by atoms with van der Waals surface area (Å²) in [6.45, 7) is 0. The van der Waals surface area contributed by atoms with E-state index in [1.54, 1.807) is 0 Å². The number of carbonyl (C=O) groups excluding carboxylic acids is 1. The maximum Gasteiger partial charge on any atom is 0.419 e. The van der Waals surface area contributed by atoms with Crippen molar-refractivity contribution in [3.63, 3.8) is 0 Å². The number of primary amides is 1. The number of alkyl halides is 3. The molecule has 1 heterocycles. The van der Waals surface area contributed by atoms with Crippen LogP contribution in [0.4, 0.5) is 27.8 Å². The predicted octanol–water partition coefficient (Wildman–Crippen LogP) is 1.85. The summed E-state index contributed by atoms with van der Waals surface area (Å²) in [7, 11) is 0. The van der Waals surface area contributed by atoms with Crippen LogP contribution in [0.5, 0.6) is 0 Å². The minimum absolute atomic E-state index is 0.253. The lowest BCUT2D eigenvalue weighted by Gasteiger charge is -2.12. The average molecular weight is 306 g/mol. The number of benzene rings is 1. The van der Waals surface area contributed by atoms with Gasteiger partial charge in [-0.05, 0) is 12.1 Å². The third-order valence-electron chi connectivity index (χ3n) is 2.57. The van der Waals surface area contributed by atoms with Crippen molar-refractivity contribution in [3.05, 3.63) is 41.1 Å². The molecule has 0 unspecified atom stereocenters. The molecule has 1 amide bonds. The molecule has 21 heavy (non-hydrogen) atoms. The number of rotatable bonds is 2. The Morgan fingerprint density at radius 2 is 1.86 bits per heavy atom. The maximum absolute atomic E-state index is 13.9. The molecule has 0 spiro atoms. The highest BCUT2D eigenvalue weighted by Gasteiger charge is 2.36. The van der Waals surface area contributed by atoms with Gasteiger partial charge in [0.05, 0.1) is 5.56 Å². The molecule has 0 aliphatic heterocycles. The Balaban J connectivity index is 2.72. The van der Waals surface area contributed by atoms with Crippen molar-refractivity contribution in [3.8, 4) is 5.69 Å². The molecule has 0 atom stereocenters. The number of carbonyl (C=O) groups is 1. The standard InChI is InChI=1S/C11H7F5N4O/c12-5-2-1-4(11(14,15)16)8(13)9(5)20-7(17)3-6(19-20)10(18)21/h1-3H,17H2,(H2,18,21). The van der Waals surface area contributed by atoms with Gasteiger partial charge >= 0.3 is 6.18 Å². The van der Waals surface area contributed by atoms with Crippen LogP contribution in [0.2, 0.25) is 0 Å². The second-order valence-corrected chi connectivity index (χ2v) is 3.99. The van der Waals surface area contributed by atoms with E-state index in [2.05, 4.69) is 5.10 Å². The molecular weight excluding hydrogens is 299 g/mol. The lowest BCUT2D eigenvalue weighted by atomic mass is 10.1. The molecule has 0 aliphatic carbocycles. The van der Waals surface area contributed by atoms with Crippen molar-refractivity contribution < 1.29 is 26.7 Å². The molecule has 0 radical (unpaired) electrons. The Bertz CT molecular complexity index is 722. The minimum atomic E-state index is -5.03. The van der Waals surface area contributed by atoms with E-state index < -0.39 is 46.5 Å². The largest absolute Gasteiger partial charge is 0.419 e. The normalized spacial score (nSPS) is 11.7. The monoisotopic (exact) mass is 306 g/mol. The van der Waals surface area contributed by atoms with Crippen LogP contribution < -0.4 is 11.5 Å². The fraction of sp³-hybridized carbons (Fsp3) is 0.0909. The topological polar surface area (TPSA) is 86.9 Å². The quantitative estimate of drug-likeness (QED) is 0.830. The first-order chi connectivity index (χ1) is 9.62. The zero-order valence-electron chi connectivity index (χ0n) is 10.1. The van der Waals surface area contributed by atoms with Crippen LogP contribution in [0.1, 0.15) is 16.1 Å². The number of nitrogens with two attached hydrogens (primary N) is 2.